The SMILES string of the molecule is CC(C)(C(=O)N1C[C@@H](C(=O)O)[C@H](c2ccc(Cl)cc2)C1)c1cccs1. The fourth-order valence-corrected chi connectivity index (χ4v) is 4.37. The van der Waals surface area contributed by atoms with Crippen LogP contribution in [0.2, 0.25) is 5.02 Å². The molecule has 2 atom stereocenters. The van der Waals surface area contributed by atoms with Gasteiger partial charge in [-0.05, 0) is 43.0 Å². The first-order valence-electron chi connectivity index (χ1n) is 8.12. The molecule has 1 aliphatic heterocycles. The molecule has 2 aromatic rings. The summed E-state index contributed by atoms with van der Waals surface area (Å²) in [7, 11) is 0. The predicted octanol–water partition coefficient (Wildman–Crippen LogP) is 4.01. The topological polar surface area (TPSA) is 57.6 Å². The van der Waals surface area contributed by atoms with E-state index >= 15 is 0 Å². The van der Waals surface area contributed by atoms with Crippen molar-refractivity contribution in [2.45, 2.75) is 25.2 Å². The van der Waals surface area contributed by atoms with Crippen molar-refractivity contribution >= 4 is 34.8 Å². The first-order valence-corrected chi connectivity index (χ1v) is 9.38. The molecule has 4 nitrogen and oxygen atoms in total. The molecular formula is C19H20ClNO3S. The highest BCUT2D eigenvalue weighted by molar-refractivity contribution is 7.10. The molecule has 0 spiro atoms. The molecule has 3 rings (SSSR count). The predicted molar refractivity (Wildman–Crippen MR) is 99.2 cm³/mol. The van der Waals surface area contributed by atoms with Gasteiger partial charge in [0.2, 0.25) is 5.91 Å². The van der Waals surface area contributed by atoms with Crippen LogP contribution in [0.15, 0.2) is 41.8 Å². The second-order valence-electron chi connectivity index (χ2n) is 6.92. The number of aliphatic carboxylic acids is 1. The maximum absolute atomic E-state index is 13.1. The fraction of sp³-hybridized carbons (Fsp3) is 0.368. The third-order valence-corrected chi connectivity index (χ3v) is 6.34. The summed E-state index contributed by atoms with van der Waals surface area (Å²) in [6.45, 7) is 4.43. The minimum Gasteiger partial charge on any atom is -0.481 e. The Bertz CT molecular complexity index is 770. The molecule has 0 saturated carbocycles. The number of carbonyl (C=O) groups is 2. The van der Waals surface area contributed by atoms with Crippen LogP contribution in [0.4, 0.5) is 0 Å². The summed E-state index contributed by atoms with van der Waals surface area (Å²) in [6.07, 6.45) is 0. The van der Waals surface area contributed by atoms with Gasteiger partial charge in [-0.15, -0.1) is 11.3 Å². The number of halogens is 1. The maximum atomic E-state index is 13.1. The number of hydrogen-bond donors (Lipinski definition) is 1. The van der Waals surface area contributed by atoms with Crippen molar-refractivity contribution in [3.8, 4) is 0 Å². The Hall–Kier alpha value is -1.85. The molecule has 132 valence electrons. The lowest BCUT2D eigenvalue weighted by molar-refractivity contribution is -0.142. The number of carboxylic acids is 1. The number of benzene rings is 1. The van der Waals surface area contributed by atoms with Gasteiger partial charge in [0.15, 0.2) is 0 Å². The molecule has 1 fully saturated rings. The molecule has 0 aliphatic carbocycles. The number of nitrogens with zero attached hydrogens (tertiary/aromatic N) is 1. The van der Waals surface area contributed by atoms with E-state index in [0.717, 1.165) is 10.4 Å². The van der Waals surface area contributed by atoms with E-state index < -0.39 is 17.3 Å². The zero-order chi connectivity index (χ0) is 18.2. The van der Waals surface area contributed by atoms with Crippen LogP contribution in [0.25, 0.3) is 0 Å². The van der Waals surface area contributed by atoms with Gasteiger partial charge in [-0.2, -0.15) is 0 Å². The average molecular weight is 378 g/mol. The van der Waals surface area contributed by atoms with E-state index in [4.69, 9.17) is 11.6 Å². The van der Waals surface area contributed by atoms with Gasteiger partial charge < -0.3 is 10.0 Å². The van der Waals surface area contributed by atoms with Crippen LogP contribution in [0.3, 0.4) is 0 Å². The standard InChI is InChI=1S/C19H20ClNO3S/c1-19(2,16-4-3-9-25-16)18(24)21-10-14(15(11-21)17(22)23)12-5-7-13(20)8-6-12/h3-9,14-15H,10-11H2,1-2H3,(H,22,23)/t14-,15+/m0/s1. The molecule has 2 heterocycles. The van der Waals surface area contributed by atoms with E-state index in [1.54, 1.807) is 28.4 Å². The Morgan fingerprint density at radius 1 is 1.20 bits per heavy atom. The van der Waals surface area contributed by atoms with Crippen molar-refractivity contribution < 1.29 is 14.7 Å². The largest absolute Gasteiger partial charge is 0.481 e. The number of likely N-dealkylation sites (tertiary alicyclic amines) is 1. The van der Waals surface area contributed by atoms with Gasteiger partial charge in [0, 0.05) is 28.9 Å². The van der Waals surface area contributed by atoms with Gasteiger partial charge in [0.25, 0.3) is 0 Å². The molecule has 1 aromatic heterocycles. The van der Waals surface area contributed by atoms with Gasteiger partial charge in [-0.1, -0.05) is 29.8 Å². The van der Waals surface area contributed by atoms with Crippen molar-refractivity contribution in [3.63, 3.8) is 0 Å². The molecule has 6 heteroatoms. The third-order valence-electron chi connectivity index (χ3n) is 4.89. The van der Waals surface area contributed by atoms with Crippen LogP contribution in [-0.4, -0.2) is 35.0 Å². The molecule has 1 amide bonds. The molecule has 1 aliphatic rings. The highest BCUT2D eigenvalue weighted by Crippen LogP contribution is 2.37. The molecule has 1 N–H and O–H groups in total. The molecule has 1 aromatic carbocycles. The van der Waals surface area contributed by atoms with Crippen molar-refractivity contribution in [2.75, 3.05) is 13.1 Å². The first-order chi connectivity index (χ1) is 11.8. The third kappa shape index (κ3) is 3.44. The lowest BCUT2D eigenvalue weighted by Gasteiger charge is -2.28. The molecule has 0 radical (unpaired) electrons. The van der Waals surface area contributed by atoms with E-state index in [0.29, 0.717) is 11.6 Å². The zero-order valence-electron chi connectivity index (χ0n) is 14.1. The maximum Gasteiger partial charge on any atom is 0.308 e. The van der Waals surface area contributed by atoms with Gasteiger partial charge in [-0.25, -0.2) is 0 Å². The van der Waals surface area contributed by atoms with Gasteiger partial charge >= 0.3 is 5.97 Å². The molecule has 25 heavy (non-hydrogen) atoms. The monoisotopic (exact) mass is 377 g/mol. The summed E-state index contributed by atoms with van der Waals surface area (Å²) in [4.78, 5) is 27.5. The van der Waals surface area contributed by atoms with Crippen molar-refractivity contribution in [1.82, 2.24) is 4.90 Å². The smallest absolute Gasteiger partial charge is 0.308 e. The summed E-state index contributed by atoms with van der Waals surface area (Å²) in [6, 6.07) is 11.1. The lowest BCUT2D eigenvalue weighted by Crippen LogP contribution is -2.42. The van der Waals surface area contributed by atoms with E-state index in [2.05, 4.69) is 0 Å². The van der Waals surface area contributed by atoms with E-state index in [-0.39, 0.29) is 18.4 Å². The van der Waals surface area contributed by atoms with Crippen LogP contribution in [0.1, 0.15) is 30.2 Å². The Balaban J connectivity index is 1.86. The number of hydrogen-bond acceptors (Lipinski definition) is 3. The molecular weight excluding hydrogens is 358 g/mol. The number of rotatable bonds is 4. The van der Waals surface area contributed by atoms with Crippen molar-refractivity contribution in [3.05, 3.63) is 57.2 Å². The van der Waals surface area contributed by atoms with E-state index in [1.165, 1.54) is 0 Å². The molecule has 0 bridgehead atoms. The van der Waals surface area contributed by atoms with Gasteiger partial charge in [0.05, 0.1) is 11.3 Å². The Kier molecular flexibility index (Phi) is 4.89. The van der Waals surface area contributed by atoms with Gasteiger partial charge in [-0.3, -0.25) is 9.59 Å². The minimum absolute atomic E-state index is 0.0299. The Labute approximate surface area is 156 Å². The number of amides is 1. The van der Waals surface area contributed by atoms with Crippen molar-refractivity contribution in [1.29, 1.82) is 0 Å². The number of thiophene rings is 1. The van der Waals surface area contributed by atoms with Crippen LogP contribution in [0, 0.1) is 5.92 Å². The summed E-state index contributed by atoms with van der Waals surface area (Å²) >= 11 is 7.48. The normalized spacial score (nSPS) is 20.7. The first kappa shape index (κ1) is 18.0. The second kappa shape index (κ2) is 6.81. The Morgan fingerprint density at radius 3 is 2.44 bits per heavy atom. The quantitative estimate of drug-likeness (QED) is 0.875. The highest BCUT2D eigenvalue weighted by atomic mass is 35.5. The van der Waals surface area contributed by atoms with Gasteiger partial charge in [0.1, 0.15) is 0 Å². The highest BCUT2D eigenvalue weighted by Gasteiger charge is 2.44. The summed E-state index contributed by atoms with van der Waals surface area (Å²) in [5.74, 6) is -1.73. The molecule has 1 saturated heterocycles. The zero-order valence-corrected chi connectivity index (χ0v) is 15.7. The van der Waals surface area contributed by atoms with Crippen LogP contribution < -0.4 is 0 Å². The van der Waals surface area contributed by atoms with Crippen molar-refractivity contribution in [2.24, 2.45) is 5.92 Å². The van der Waals surface area contributed by atoms with E-state index in [1.807, 2.05) is 43.5 Å². The summed E-state index contributed by atoms with van der Waals surface area (Å²) in [5.41, 5.74) is 0.243. The van der Waals surface area contributed by atoms with Crippen LogP contribution in [0.5, 0.6) is 0 Å². The lowest BCUT2D eigenvalue weighted by atomic mass is 9.89. The van der Waals surface area contributed by atoms with E-state index in [9.17, 15) is 14.7 Å². The number of carboxylic acid groups (broad SMARTS) is 1. The Morgan fingerprint density at radius 2 is 1.88 bits per heavy atom. The van der Waals surface area contributed by atoms with Crippen LogP contribution in [-0.2, 0) is 15.0 Å². The molecule has 0 unspecified atom stereocenters. The van der Waals surface area contributed by atoms with Crippen LogP contribution >= 0.6 is 22.9 Å². The second-order valence-corrected chi connectivity index (χ2v) is 8.30. The average Bonchev–Trinajstić information content (AvgIpc) is 3.25. The number of carbonyl (C=O) groups excluding carboxylic acids is 1. The fourth-order valence-electron chi connectivity index (χ4n) is 3.40. The summed E-state index contributed by atoms with van der Waals surface area (Å²) in [5, 5.41) is 12.2. The summed E-state index contributed by atoms with van der Waals surface area (Å²) < 4.78 is 0. The minimum atomic E-state index is -0.871.